The summed E-state index contributed by atoms with van der Waals surface area (Å²) in [5, 5.41) is 2.87. The van der Waals surface area contributed by atoms with E-state index >= 15 is 0 Å². The minimum absolute atomic E-state index is 0.00594. The third kappa shape index (κ3) is 5.05. The number of carbonyl (C=O) groups is 1. The van der Waals surface area contributed by atoms with E-state index in [-0.39, 0.29) is 24.2 Å². The largest absolute Gasteiger partial charge is 0.350 e. The van der Waals surface area contributed by atoms with E-state index in [1.165, 1.54) is 18.2 Å². The van der Waals surface area contributed by atoms with Gasteiger partial charge in [0.2, 0.25) is 10.0 Å². The van der Waals surface area contributed by atoms with Crippen molar-refractivity contribution < 1.29 is 17.6 Å². The molecule has 1 atom stereocenters. The molecule has 7 heteroatoms. The molecule has 26 heavy (non-hydrogen) atoms. The zero-order valence-electron chi connectivity index (χ0n) is 15.1. The van der Waals surface area contributed by atoms with Crippen molar-refractivity contribution in [3.8, 4) is 0 Å². The fraction of sp³-hybridized carbons (Fsp3) is 0.316. The summed E-state index contributed by atoms with van der Waals surface area (Å²) in [6.45, 7) is 3.88. The highest BCUT2D eigenvalue weighted by Crippen LogP contribution is 2.23. The summed E-state index contributed by atoms with van der Waals surface area (Å²) < 4.78 is 39.3. The molecule has 0 saturated heterocycles. The second kappa shape index (κ2) is 8.31. The Morgan fingerprint density at radius 2 is 1.77 bits per heavy atom. The van der Waals surface area contributed by atoms with Crippen LogP contribution in [0.4, 0.5) is 10.1 Å². The van der Waals surface area contributed by atoms with Crippen LogP contribution in [0, 0.1) is 5.82 Å². The zero-order chi connectivity index (χ0) is 19.3. The number of hydrogen-bond donors (Lipinski definition) is 1. The lowest BCUT2D eigenvalue weighted by atomic mass is 10.1. The molecule has 140 valence electrons. The highest BCUT2D eigenvalue weighted by Gasteiger charge is 2.21. The molecule has 0 spiro atoms. The Balaban J connectivity index is 2.22. The number of carbonyl (C=O) groups excluding carboxylic acids is 1. The lowest BCUT2D eigenvalue weighted by Gasteiger charge is -2.23. The Kier molecular flexibility index (Phi) is 6.37. The fourth-order valence-corrected chi connectivity index (χ4v) is 3.26. The Morgan fingerprint density at radius 3 is 2.31 bits per heavy atom. The average molecular weight is 378 g/mol. The van der Waals surface area contributed by atoms with Crippen LogP contribution in [0.5, 0.6) is 0 Å². The maximum Gasteiger partial charge on any atom is 0.251 e. The summed E-state index contributed by atoms with van der Waals surface area (Å²) >= 11 is 0. The molecule has 1 N–H and O–H groups in total. The van der Waals surface area contributed by atoms with Gasteiger partial charge in [0.15, 0.2) is 0 Å². The molecule has 0 heterocycles. The predicted octanol–water partition coefficient (Wildman–Crippen LogP) is 3.32. The van der Waals surface area contributed by atoms with Gasteiger partial charge in [0, 0.05) is 11.6 Å². The third-order valence-corrected chi connectivity index (χ3v) is 5.18. The van der Waals surface area contributed by atoms with Crippen molar-refractivity contribution in [2.24, 2.45) is 0 Å². The summed E-state index contributed by atoms with van der Waals surface area (Å²) in [4.78, 5) is 12.1. The van der Waals surface area contributed by atoms with Gasteiger partial charge < -0.3 is 5.32 Å². The van der Waals surface area contributed by atoms with Gasteiger partial charge in [0.1, 0.15) is 5.82 Å². The van der Waals surface area contributed by atoms with Crippen LogP contribution in [0.15, 0.2) is 48.5 Å². The highest BCUT2D eigenvalue weighted by molar-refractivity contribution is 7.92. The van der Waals surface area contributed by atoms with E-state index in [4.69, 9.17) is 0 Å². The van der Waals surface area contributed by atoms with Crippen LogP contribution in [0.25, 0.3) is 0 Å². The molecule has 1 unspecified atom stereocenters. The maximum absolute atomic E-state index is 14.0. The third-order valence-electron chi connectivity index (χ3n) is 4.05. The average Bonchev–Trinajstić information content (AvgIpc) is 2.60. The first kappa shape index (κ1) is 19.9. The van der Waals surface area contributed by atoms with Gasteiger partial charge in [-0.25, -0.2) is 12.8 Å². The van der Waals surface area contributed by atoms with Crippen molar-refractivity contribution in [2.45, 2.75) is 32.9 Å². The Morgan fingerprint density at radius 1 is 1.15 bits per heavy atom. The Hall–Kier alpha value is -2.41. The van der Waals surface area contributed by atoms with Gasteiger partial charge >= 0.3 is 0 Å². The van der Waals surface area contributed by atoms with Crippen LogP contribution in [-0.2, 0) is 16.6 Å². The fourth-order valence-electron chi connectivity index (χ4n) is 2.37. The summed E-state index contributed by atoms with van der Waals surface area (Å²) in [6, 6.07) is 12.4. The molecular formula is C19H23FN2O3S. The number of halogens is 1. The van der Waals surface area contributed by atoms with Crippen molar-refractivity contribution in [1.82, 2.24) is 5.32 Å². The molecule has 5 nitrogen and oxygen atoms in total. The van der Waals surface area contributed by atoms with Gasteiger partial charge in [-0.2, -0.15) is 0 Å². The van der Waals surface area contributed by atoms with Crippen LogP contribution in [0.2, 0.25) is 0 Å². The Labute approximate surface area is 153 Å². The number of nitrogens with one attached hydrogen (secondary N) is 1. The molecular weight excluding hydrogens is 355 g/mol. The number of sulfonamides is 1. The van der Waals surface area contributed by atoms with Crippen molar-refractivity contribution in [1.29, 1.82) is 0 Å². The highest BCUT2D eigenvalue weighted by atomic mass is 32.2. The lowest BCUT2D eigenvalue weighted by Crippen LogP contribution is -2.32. The van der Waals surface area contributed by atoms with E-state index in [9.17, 15) is 17.6 Å². The van der Waals surface area contributed by atoms with Gasteiger partial charge in [-0.1, -0.05) is 31.2 Å². The molecule has 0 aliphatic rings. The molecule has 2 rings (SSSR count). The van der Waals surface area contributed by atoms with Crippen molar-refractivity contribution in [3.63, 3.8) is 0 Å². The number of anilines is 1. The minimum Gasteiger partial charge on any atom is -0.350 e. The maximum atomic E-state index is 14.0. The molecule has 0 bridgehead atoms. The van der Waals surface area contributed by atoms with Gasteiger partial charge in [-0.05, 0) is 43.2 Å². The Bertz CT molecular complexity index is 867. The first-order chi connectivity index (χ1) is 12.2. The molecule has 0 saturated carbocycles. The summed E-state index contributed by atoms with van der Waals surface area (Å²) in [6.07, 6.45) is 1.86. The lowest BCUT2D eigenvalue weighted by molar-refractivity contribution is 0.0939. The number of benzene rings is 2. The van der Waals surface area contributed by atoms with Gasteiger partial charge in [0.05, 0.1) is 18.5 Å². The number of nitrogens with zero attached hydrogens (tertiary/aromatic N) is 1. The van der Waals surface area contributed by atoms with Crippen LogP contribution >= 0.6 is 0 Å². The number of amides is 1. The summed E-state index contributed by atoms with van der Waals surface area (Å²) in [5.74, 6) is -0.789. The van der Waals surface area contributed by atoms with Crippen LogP contribution < -0.4 is 9.62 Å². The predicted molar refractivity (Wildman–Crippen MR) is 101 cm³/mol. The molecule has 1 amide bonds. The second-order valence-electron chi connectivity index (χ2n) is 6.20. The smallest absolute Gasteiger partial charge is 0.251 e. The van der Waals surface area contributed by atoms with Crippen LogP contribution in [0.1, 0.15) is 36.2 Å². The SMILES string of the molecule is CCC(C)NC(=O)c1ccc(CN(c2ccccc2F)S(C)(=O)=O)cc1. The quantitative estimate of drug-likeness (QED) is 0.804. The van der Waals surface area contributed by atoms with Crippen molar-refractivity contribution in [2.75, 3.05) is 10.6 Å². The molecule has 0 fully saturated rings. The normalized spacial score (nSPS) is 12.5. The van der Waals surface area contributed by atoms with Crippen LogP contribution in [-0.4, -0.2) is 26.6 Å². The second-order valence-corrected chi connectivity index (χ2v) is 8.11. The van der Waals surface area contributed by atoms with E-state index in [2.05, 4.69) is 5.32 Å². The molecule has 0 aromatic heterocycles. The minimum atomic E-state index is -3.67. The van der Waals surface area contributed by atoms with Crippen LogP contribution in [0.3, 0.4) is 0 Å². The molecule has 0 aliphatic heterocycles. The van der Waals surface area contributed by atoms with Gasteiger partial charge in [-0.15, -0.1) is 0 Å². The van der Waals surface area contributed by atoms with E-state index in [1.807, 2.05) is 13.8 Å². The van der Waals surface area contributed by atoms with Gasteiger partial charge in [-0.3, -0.25) is 9.10 Å². The van der Waals surface area contributed by atoms with E-state index in [0.29, 0.717) is 11.1 Å². The first-order valence-corrected chi connectivity index (χ1v) is 10.2. The topological polar surface area (TPSA) is 66.5 Å². The molecule has 2 aromatic carbocycles. The van der Waals surface area contributed by atoms with E-state index in [0.717, 1.165) is 17.0 Å². The zero-order valence-corrected chi connectivity index (χ0v) is 15.9. The van der Waals surface area contributed by atoms with E-state index in [1.54, 1.807) is 30.3 Å². The molecule has 0 aliphatic carbocycles. The summed E-state index contributed by atoms with van der Waals surface area (Å²) in [5.41, 5.74) is 1.14. The van der Waals surface area contributed by atoms with Gasteiger partial charge in [0.25, 0.3) is 5.91 Å². The summed E-state index contributed by atoms with van der Waals surface area (Å²) in [7, 11) is -3.67. The number of rotatable bonds is 7. The standard InChI is InChI=1S/C19H23FN2O3S/c1-4-14(2)21-19(23)16-11-9-15(10-12-16)13-22(26(3,24)25)18-8-6-5-7-17(18)20/h5-12,14H,4,13H2,1-3H3,(H,21,23). The molecule has 2 aromatic rings. The number of para-hydroxylation sites is 1. The van der Waals surface area contributed by atoms with Crippen molar-refractivity contribution >= 4 is 21.6 Å². The first-order valence-electron chi connectivity index (χ1n) is 8.34. The van der Waals surface area contributed by atoms with Crippen molar-refractivity contribution in [3.05, 3.63) is 65.5 Å². The monoisotopic (exact) mass is 378 g/mol. The van der Waals surface area contributed by atoms with E-state index < -0.39 is 15.8 Å². The number of hydrogen-bond acceptors (Lipinski definition) is 3. The molecule has 0 radical (unpaired) electrons.